The molecule has 1 radical (unpaired) electrons. The molecule has 0 atom stereocenters. The van der Waals surface area contributed by atoms with Crippen LogP contribution in [0.15, 0.2) is 97.1 Å². The molecule has 0 saturated heterocycles. The van der Waals surface area contributed by atoms with Crippen molar-refractivity contribution in [1.29, 1.82) is 0 Å². The third kappa shape index (κ3) is 8.51. The summed E-state index contributed by atoms with van der Waals surface area (Å²) in [5.41, 5.74) is 16.0. The molecule has 55 heavy (non-hydrogen) atoms. The van der Waals surface area contributed by atoms with E-state index in [4.69, 9.17) is 4.98 Å². The summed E-state index contributed by atoms with van der Waals surface area (Å²) in [5.74, 6) is 1.79. The zero-order chi connectivity index (χ0) is 39.3. The van der Waals surface area contributed by atoms with Crippen molar-refractivity contribution in [2.24, 2.45) is 0 Å². The van der Waals surface area contributed by atoms with Crippen LogP contribution in [0.25, 0.3) is 21.8 Å². The van der Waals surface area contributed by atoms with Gasteiger partial charge in [0, 0.05) is 45.1 Å². The molecule has 0 saturated carbocycles. The number of hydrogen-bond donors (Lipinski definition) is 0. The van der Waals surface area contributed by atoms with Gasteiger partial charge in [0.25, 0.3) is 0 Å². The van der Waals surface area contributed by atoms with Crippen molar-refractivity contribution < 1.29 is 22.4 Å². The summed E-state index contributed by atoms with van der Waals surface area (Å²) in [4.78, 5) is 9.65. The smallest absolute Gasteiger partial charge is 0.0345 e. The maximum Gasteiger partial charge on any atom is 0.0345 e. The maximum atomic E-state index is 4.76. The van der Waals surface area contributed by atoms with Gasteiger partial charge in [0.15, 0.2) is 0 Å². The fourth-order valence-corrected chi connectivity index (χ4v) is 7.81. The van der Waals surface area contributed by atoms with Crippen LogP contribution in [0.1, 0.15) is 154 Å². The van der Waals surface area contributed by atoms with Crippen LogP contribution in [-0.2, 0) is 33.2 Å². The van der Waals surface area contributed by atoms with Gasteiger partial charge in [0.1, 0.15) is 0 Å². The summed E-state index contributed by atoms with van der Waals surface area (Å²) >= 11 is 0. The van der Waals surface area contributed by atoms with Crippen molar-refractivity contribution in [2.75, 3.05) is 9.80 Å². The Balaban J connectivity index is 0.000000227. The molecule has 4 heteroatoms. The van der Waals surface area contributed by atoms with Crippen molar-refractivity contribution in [3.05, 3.63) is 137 Å². The van der Waals surface area contributed by atoms with Crippen LogP contribution >= 0.6 is 0 Å². The molecule has 0 fully saturated rings. The van der Waals surface area contributed by atoms with Crippen LogP contribution in [-0.4, -0.2) is 0 Å². The Hall–Kier alpha value is -3.76. The number of nitrogens with zero attached hydrogens (tertiary/aromatic N) is 3. The van der Waals surface area contributed by atoms with E-state index in [0.29, 0.717) is 23.7 Å². The van der Waals surface area contributed by atoms with Gasteiger partial charge in [0.2, 0.25) is 0 Å². The quantitative estimate of drug-likeness (QED) is 0.123. The molecule has 295 valence electrons. The van der Waals surface area contributed by atoms with E-state index in [2.05, 4.69) is 210 Å². The van der Waals surface area contributed by atoms with E-state index in [1.54, 1.807) is 0 Å². The predicted octanol–water partition coefficient (Wildman–Crippen LogP) is 15.1. The normalized spacial score (nSPS) is 13.3. The number of aromatic nitrogens is 1. The standard InChI is InChI=1S/C31H39N2.C20H24N.Au/c1-20(2)24-13-11-14-25(21(3)4)30(24)32-19-33(29-18-10-9-17-28(29)32)31-26(22(5)6)15-12-16-27(31)23(7)8;1-19(2,3)13-7-9-17-15(11-13)16-12-14(20(4,5)6)8-10-18(16)21-17;/h9-23H,1-8H3;7-12H,1-6H3;/q2*-1;. The number of fused-ring (bicyclic) bond motifs is 4. The van der Waals surface area contributed by atoms with Gasteiger partial charge in [-0.25, -0.2) is 0 Å². The molecule has 2 heterocycles. The first-order valence-electron chi connectivity index (χ1n) is 20.2. The minimum absolute atomic E-state index is 0. The zero-order valence-corrected chi connectivity index (χ0v) is 37.9. The van der Waals surface area contributed by atoms with E-state index >= 15 is 0 Å². The van der Waals surface area contributed by atoms with Crippen LogP contribution < -0.4 is 14.8 Å². The van der Waals surface area contributed by atoms with Crippen molar-refractivity contribution in [3.63, 3.8) is 0 Å². The molecule has 0 spiro atoms. The Morgan fingerprint density at radius 3 is 1.07 bits per heavy atom. The second-order valence-electron chi connectivity index (χ2n) is 18.6. The van der Waals surface area contributed by atoms with Gasteiger partial charge in [-0.3, -0.25) is 0 Å². The van der Waals surface area contributed by atoms with Crippen molar-refractivity contribution in [2.45, 2.75) is 131 Å². The fourth-order valence-electron chi connectivity index (χ4n) is 7.81. The molecule has 7 rings (SSSR count). The molecule has 0 amide bonds. The van der Waals surface area contributed by atoms with E-state index in [9.17, 15) is 0 Å². The predicted molar refractivity (Wildman–Crippen MR) is 236 cm³/mol. The van der Waals surface area contributed by atoms with Crippen molar-refractivity contribution in [1.82, 2.24) is 4.98 Å². The first-order valence-corrected chi connectivity index (χ1v) is 20.2. The van der Waals surface area contributed by atoms with Crippen LogP contribution in [0, 0.1) is 6.67 Å². The van der Waals surface area contributed by atoms with Crippen LogP contribution in [0.2, 0.25) is 0 Å². The van der Waals surface area contributed by atoms with E-state index in [-0.39, 0.29) is 33.2 Å². The molecule has 1 aliphatic rings. The Morgan fingerprint density at radius 2 is 0.782 bits per heavy atom. The van der Waals surface area contributed by atoms with Gasteiger partial charge >= 0.3 is 0 Å². The summed E-state index contributed by atoms with van der Waals surface area (Å²) in [6.07, 6.45) is 0. The third-order valence-corrected chi connectivity index (χ3v) is 11.1. The molecule has 1 aromatic heterocycles. The topological polar surface area (TPSA) is 20.6 Å². The molecule has 0 bridgehead atoms. The van der Waals surface area contributed by atoms with Gasteiger partial charge in [0.05, 0.1) is 0 Å². The molecule has 5 aromatic carbocycles. The molecular formula is C51H63AuN3-2. The third-order valence-electron chi connectivity index (χ3n) is 11.1. The summed E-state index contributed by atoms with van der Waals surface area (Å²) in [7, 11) is 0. The molecule has 0 unspecified atom stereocenters. The number of hydrogen-bond acceptors (Lipinski definition) is 2. The first kappa shape index (κ1) is 42.4. The van der Waals surface area contributed by atoms with Crippen LogP contribution in [0.5, 0.6) is 0 Å². The molecular weight excluding hydrogens is 852 g/mol. The van der Waals surface area contributed by atoms with Crippen molar-refractivity contribution in [3.8, 4) is 0 Å². The molecule has 0 N–H and O–H groups in total. The average Bonchev–Trinajstić information content (AvgIpc) is 3.68. The molecule has 1 aliphatic heterocycles. The monoisotopic (exact) mass is 914 g/mol. The van der Waals surface area contributed by atoms with Crippen LogP contribution in [0.4, 0.5) is 22.7 Å². The van der Waals surface area contributed by atoms with E-state index in [1.807, 2.05) is 0 Å². The molecule has 6 aromatic rings. The minimum atomic E-state index is 0. The van der Waals surface area contributed by atoms with Gasteiger partial charge in [-0.05, 0) is 90.8 Å². The second kappa shape index (κ2) is 16.4. The summed E-state index contributed by atoms with van der Waals surface area (Å²) in [6, 6.07) is 35.9. The Kier molecular flexibility index (Phi) is 12.6. The Morgan fingerprint density at radius 1 is 0.455 bits per heavy atom. The summed E-state index contributed by atoms with van der Waals surface area (Å²) < 4.78 is 0. The SMILES string of the molecule is CC(C)(C)c1ccc2[n-]c3ccc(C(C)(C)C)cc3c2c1.CC(C)c1cccc(C(C)C)c1N1[CH-]N(c2c(C(C)C)cccc2C(C)C)c2ccccc21.[Au]. The Labute approximate surface area is 348 Å². The number of anilines is 4. The van der Waals surface area contributed by atoms with E-state index < -0.39 is 0 Å². The number of benzene rings is 5. The summed E-state index contributed by atoms with van der Waals surface area (Å²) in [5, 5.41) is 2.56. The largest absolute Gasteiger partial charge is 0.657 e. The van der Waals surface area contributed by atoms with Crippen molar-refractivity contribution >= 4 is 44.6 Å². The number of para-hydroxylation sites is 4. The first-order chi connectivity index (χ1) is 25.4. The van der Waals surface area contributed by atoms with Crippen LogP contribution in [0.3, 0.4) is 0 Å². The minimum Gasteiger partial charge on any atom is -0.657 e. The average molecular weight is 915 g/mol. The van der Waals surface area contributed by atoms with Gasteiger partial charge in [-0.2, -0.15) is 0 Å². The summed E-state index contributed by atoms with van der Waals surface area (Å²) in [6.45, 7) is 34.3. The Bertz CT molecular complexity index is 2050. The molecule has 3 nitrogen and oxygen atoms in total. The van der Waals surface area contributed by atoms with Gasteiger partial charge < -0.3 is 14.8 Å². The van der Waals surface area contributed by atoms with Gasteiger partial charge in [-0.1, -0.05) is 182 Å². The second-order valence-corrected chi connectivity index (χ2v) is 18.6. The maximum absolute atomic E-state index is 4.76. The zero-order valence-electron chi connectivity index (χ0n) is 35.8. The van der Waals surface area contributed by atoms with Gasteiger partial charge in [-0.15, -0.1) is 17.7 Å². The number of rotatable bonds is 6. The van der Waals surface area contributed by atoms with E-state index in [0.717, 1.165) is 11.0 Å². The van der Waals surface area contributed by atoms with E-state index in [1.165, 1.54) is 66.9 Å². The molecule has 0 aliphatic carbocycles. The fraction of sp³-hybridized carbons (Fsp3) is 0.392.